The largest absolute Gasteiger partial charge is 0.497 e. The van der Waals surface area contributed by atoms with Crippen LogP contribution in [0.4, 0.5) is 10.8 Å². The topological polar surface area (TPSA) is 121 Å². The fourth-order valence-electron chi connectivity index (χ4n) is 2.17. The van der Waals surface area contributed by atoms with Crippen molar-refractivity contribution in [3.63, 3.8) is 0 Å². The molecule has 1 heterocycles. The van der Waals surface area contributed by atoms with Crippen LogP contribution in [0.5, 0.6) is 5.75 Å². The van der Waals surface area contributed by atoms with Crippen molar-refractivity contribution in [3.8, 4) is 5.75 Å². The number of nitrogens with zero attached hydrogens (tertiary/aromatic N) is 2. The first-order chi connectivity index (χ1) is 13.0. The van der Waals surface area contributed by atoms with E-state index in [2.05, 4.69) is 10.3 Å². The molecule has 0 saturated carbocycles. The van der Waals surface area contributed by atoms with E-state index in [0.717, 1.165) is 4.70 Å². The number of anilines is 1. The Morgan fingerprint density at radius 2 is 1.96 bits per heavy atom. The smallest absolute Gasteiger partial charge is 0.338 e. The minimum atomic E-state index is -0.755. The van der Waals surface area contributed by atoms with Gasteiger partial charge in [0.05, 0.1) is 27.8 Å². The highest BCUT2D eigenvalue weighted by Gasteiger charge is 2.14. The minimum absolute atomic E-state index is 0.112. The molecule has 0 aliphatic rings. The van der Waals surface area contributed by atoms with Crippen molar-refractivity contribution in [2.75, 3.05) is 19.0 Å². The number of rotatable bonds is 6. The van der Waals surface area contributed by atoms with Gasteiger partial charge in [-0.1, -0.05) is 11.3 Å². The first kappa shape index (κ1) is 18.3. The normalized spacial score (nSPS) is 10.4. The van der Waals surface area contributed by atoms with Crippen LogP contribution in [0.2, 0.25) is 0 Å². The summed E-state index contributed by atoms with van der Waals surface area (Å²) in [4.78, 5) is 38.1. The third kappa shape index (κ3) is 4.36. The maximum Gasteiger partial charge on any atom is 0.338 e. The van der Waals surface area contributed by atoms with Crippen LogP contribution in [0, 0.1) is 10.1 Å². The number of hydrogen-bond donors (Lipinski definition) is 1. The zero-order chi connectivity index (χ0) is 19.4. The molecule has 138 valence electrons. The molecular formula is C17H13N3O6S. The maximum absolute atomic E-state index is 12.0. The summed E-state index contributed by atoms with van der Waals surface area (Å²) in [7, 11) is 1.56. The standard InChI is InChI=1S/C17H13N3O6S/c1-25-12-6-7-13-14(8-12)27-17(18-13)19-15(21)9-26-16(22)10-2-4-11(5-3-10)20(23)24/h2-8H,9H2,1H3,(H,18,19,21). The zero-order valence-electron chi connectivity index (χ0n) is 14.0. The average molecular weight is 387 g/mol. The number of nitrogens with one attached hydrogen (secondary N) is 1. The van der Waals surface area contributed by atoms with Crippen LogP contribution in [0.15, 0.2) is 42.5 Å². The van der Waals surface area contributed by atoms with Gasteiger partial charge in [-0.15, -0.1) is 0 Å². The summed E-state index contributed by atoms with van der Waals surface area (Å²) in [6, 6.07) is 10.2. The van der Waals surface area contributed by atoms with Gasteiger partial charge in [-0.05, 0) is 30.3 Å². The van der Waals surface area contributed by atoms with E-state index in [1.54, 1.807) is 25.3 Å². The molecule has 1 amide bonds. The Bertz CT molecular complexity index is 1020. The summed E-state index contributed by atoms with van der Waals surface area (Å²) >= 11 is 1.26. The molecule has 0 radical (unpaired) electrons. The molecule has 0 aliphatic carbocycles. The second-order valence-electron chi connectivity index (χ2n) is 5.28. The molecule has 10 heteroatoms. The van der Waals surface area contributed by atoms with Crippen molar-refractivity contribution in [3.05, 3.63) is 58.1 Å². The molecule has 1 N–H and O–H groups in total. The van der Waals surface area contributed by atoms with Crippen molar-refractivity contribution >= 4 is 44.2 Å². The number of amides is 1. The molecule has 1 aromatic heterocycles. The SMILES string of the molecule is COc1ccc2nc(NC(=O)COC(=O)c3ccc([N+](=O)[O-])cc3)sc2c1. The van der Waals surface area contributed by atoms with Crippen molar-refractivity contribution in [2.24, 2.45) is 0 Å². The summed E-state index contributed by atoms with van der Waals surface area (Å²) in [6.45, 7) is -0.505. The lowest BCUT2D eigenvalue weighted by atomic mass is 10.2. The number of benzene rings is 2. The van der Waals surface area contributed by atoms with Crippen molar-refractivity contribution < 1.29 is 24.0 Å². The van der Waals surface area contributed by atoms with E-state index >= 15 is 0 Å². The van der Waals surface area contributed by atoms with Gasteiger partial charge < -0.3 is 9.47 Å². The van der Waals surface area contributed by atoms with E-state index in [1.165, 1.54) is 35.6 Å². The number of thiazole rings is 1. The number of hydrogen-bond acceptors (Lipinski definition) is 8. The molecule has 9 nitrogen and oxygen atoms in total. The van der Waals surface area contributed by atoms with Crippen LogP contribution in [0.3, 0.4) is 0 Å². The van der Waals surface area contributed by atoms with Gasteiger partial charge in [-0.3, -0.25) is 20.2 Å². The number of fused-ring (bicyclic) bond motifs is 1. The highest BCUT2D eigenvalue weighted by atomic mass is 32.1. The third-order valence-corrected chi connectivity index (χ3v) is 4.42. The van der Waals surface area contributed by atoms with E-state index in [-0.39, 0.29) is 11.3 Å². The number of carbonyl (C=O) groups excluding carboxylic acids is 2. The fourth-order valence-corrected chi connectivity index (χ4v) is 3.08. The van der Waals surface area contributed by atoms with Crippen LogP contribution in [0.25, 0.3) is 10.2 Å². The van der Waals surface area contributed by atoms with Gasteiger partial charge in [0.15, 0.2) is 11.7 Å². The van der Waals surface area contributed by atoms with Crippen LogP contribution in [0.1, 0.15) is 10.4 Å². The Hall–Kier alpha value is -3.53. The summed E-state index contributed by atoms with van der Waals surface area (Å²) < 4.78 is 10.9. The molecule has 0 bridgehead atoms. The minimum Gasteiger partial charge on any atom is -0.497 e. The molecule has 3 aromatic rings. The van der Waals surface area contributed by atoms with Crippen molar-refractivity contribution in [1.29, 1.82) is 0 Å². The lowest BCUT2D eigenvalue weighted by Gasteiger charge is -2.04. The Kier molecular flexibility index (Phi) is 5.27. The second kappa shape index (κ2) is 7.79. The van der Waals surface area contributed by atoms with Gasteiger partial charge in [0, 0.05) is 12.1 Å². The van der Waals surface area contributed by atoms with Gasteiger partial charge >= 0.3 is 5.97 Å². The van der Waals surface area contributed by atoms with Crippen LogP contribution < -0.4 is 10.1 Å². The van der Waals surface area contributed by atoms with Gasteiger partial charge in [0.25, 0.3) is 11.6 Å². The second-order valence-corrected chi connectivity index (χ2v) is 6.31. The number of nitro benzene ring substituents is 1. The molecule has 0 spiro atoms. The lowest BCUT2D eigenvalue weighted by molar-refractivity contribution is -0.384. The number of ether oxygens (including phenoxy) is 2. The van der Waals surface area contributed by atoms with Crippen molar-refractivity contribution in [1.82, 2.24) is 4.98 Å². The number of methoxy groups -OCH3 is 1. The molecule has 0 aliphatic heterocycles. The predicted molar refractivity (Wildman–Crippen MR) is 98.2 cm³/mol. The molecule has 0 saturated heterocycles. The van der Waals surface area contributed by atoms with E-state index in [1.807, 2.05) is 0 Å². The number of non-ortho nitro benzene ring substituents is 1. The van der Waals surface area contributed by atoms with Gasteiger partial charge in [0.1, 0.15) is 5.75 Å². The Balaban J connectivity index is 1.57. The Morgan fingerprint density at radius 3 is 2.63 bits per heavy atom. The third-order valence-electron chi connectivity index (χ3n) is 3.49. The Labute approximate surface area is 156 Å². The zero-order valence-corrected chi connectivity index (χ0v) is 14.8. The van der Waals surface area contributed by atoms with Crippen LogP contribution in [-0.4, -0.2) is 35.5 Å². The summed E-state index contributed by atoms with van der Waals surface area (Å²) in [5.41, 5.74) is 0.677. The molecule has 3 rings (SSSR count). The van der Waals surface area contributed by atoms with Gasteiger partial charge in [-0.2, -0.15) is 0 Å². The van der Waals surface area contributed by atoms with Crippen molar-refractivity contribution in [2.45, 2.75) is 0 Å². The summed E-state index contributed by atoms with van der Waals surface area (Å²) in [6.07, 6.45) is 0. The quantitative estimate of drug-likeness (QED) is 0.392. The molecule has 0 unspecified atom stereocenters. The fraction of sp³-hybridized carbons (Fsp3) is 0.118. The van der Waals surface area contributed by atoms with Gasteiger partial charge in [0.2, 0.25) is 0 Å². The van der Waals surface area contributed by atoms with E-state index in [4.69, 9.17) is 9.47 Å². The first-order valence-electron chi connectivity index (χ1n) is 7.62. The highest BCUT2D eigenvalue weighted by Crippen LogP contribution is 2.29. The maximum atomic E-state index is 12.0. The monoisotopic (exact) mass is 387 g/mol. The van der Waals surface area contributed by atoms with Gasteiger partial charge in [-0.25, -0.2) is 9.78 Å². The number of esters is 1. The van der Waals surface area contributed by atoms with Crippen LogP contribution in [-0.2, 0) is 9.53 Å². The van der Waals surface area contributed by atoms with E-state index in [0.29, 0.717) is 16.4 Å². The average Bonchev–Trinajstić information content (AvgIpc) is 3.07. The van der Waals surface area contributed by atoms with Crippen LogP contribution >= 0.6 is 11.3 Å². The molecule has 2 aromatic carbocycles. The lowest BCUT2D eigenvalue weighted by Crippen LogP contribution is -2.20. The predicted octanol–water partition coefficient (Wildman–Crippen LogP) is 3.01. The van der Waals surface area contributed by atoms with E-state index in [9.17, 15) is 19.7 Å². The highest BCUT2D eigenvalue weighted by molar-refractivity contribution is 7.22. The Morgan fingerprint density at radius 1 is 1.22 bits per heavy atom. The van der Waals surface area contributed by atoms with E-state index < -0.39 is 23.4 Å². The summed E-state index contributed by atoms with van der Waals surface area (Å²) in [5.74, 6) is -0.619. The number of carbonyl (C=O) groups is 2. The molecule has 0 fully saturated rings. The molecule has 0 atom stereocenters. The molecule has 27 heavy (non-hydrogen) atoms. The number of nitro groups is 1. The number of aromatic nitrogens is 1. The molecular weight excluding hydrogens is 374 g/mol. The first-order valence-corrected chi connectivity index (χ1v) is 8.44. The summed E-state index contributed by atoms with van der Waals surface area (Å²) in [5, 5.41) is 13.5.